The van der Waals surface area contributed by atoms with Crippen molar-refractivity contribution in [3.8, 4) is 5.75 Å². The summed E-state index contributed by atoms with van der Waals surface area (Å²) in [7, 11) is 0. The van der Waals surface area contributed by atoms with E-state index in [-0.39, 0.29) is 5.75 Å². The number of phenolic OH excluding ortho intramolecular Hbond substituents is 1. The third-order valence-electron chi connectivity index (χ3n) is 5.37. The van der Waals surface area contributed by atoms with Gasteiger partial charge in [-0.3, -0.25) is 4.99 Å². The number of halogens is 2. The van der Waals surface area contributed by atoms with E-state index in [4.69, 9.17) is 28.2 Å². The first-order chi connectivity index (χ1) is 14.6. The largest absolute Gasteiger partial charge is 0.507 e. The van der Waals surface area contributed by atoms with Gasteiger partial charge in [0.2, 0.25) is 0 Å². The van der Waals surface area contributed by atoms with Gasteiger partial charge in [0.25, 0.3) is 0 Å². The normalized spacial score (nSPS) is 11.8. The Morgan fingerprint density at radius 2 is 1.37 bits per heavy atom. The first-order valence-electron chi connectivity index (χ1n) is 11.4. The van der Waals surface area contributed by atoms with Crippen LogP contribution in [0.4, 0.5) is 0 Å². The fraction of sp³-hybridized carbons (Fsp3) is 0.500. The Labute approximate surface area is 192 Å². The van der Waals surface area contributed by atoms with Crippen molar-refractivity contribution in [3.05, 3.63) is 63.6 Å². The molecule has 0 amide bonds. The van der Waals surface area contributed by atoms with Crippen LogP contribution in [0.25, 0.3) is 0 Å². The number of hydrogen-bond donors (Lipinski definition) is 1. The lowest BCUT2D eigenvalue weighted by Crippen LogP contribution is -2.06. The van der Waals surface area contributed by atoms with Crippen LogP contribution in [0.15, 0.2) is 47.5 Å². The van der Waals surface area contributed by atoms with Crippen LogP contribution >= 0.6 is 23.2 Å². The number of unbranched alkanes of at least 4 members (excludes halogenated alkanes) is 10. The van der Waals surface area contributed by atoms with Gasteiger partial charge in [0.05, 0.1) is 5.71 Å². The van der Waals surface area contributed by atoms with Crippen LogP contribution in [-0.2, 0) is 0 Å². The van der Waals surface area contributed by atoms with Crippen molar-refractivity contribution in [3.63, 3.8) is 0 Å². The Balaban J connectivity index is 1.85. The summed E-state index contributed by atoms with van der Waals surface area (Å²) < 4.78 is 0. The van der Waals surface area contributed by atoms with Crippen LogP contribution in [0.5, 0.6) is 5.75 Å². The van der Waals surface area contributed by atoms with Crippen molar-refractivity contribution in [2.45, 2.75) is 77.6 Å². The predicted octanol–water partition coefficient (Wildman–Crippen LogP) is 8.85. The summed E-state index contributed by atoms with van der Waals surface area (Å²) in [5.74, 6) is 0.164. The van der Waals surface area contributed by atoms with Crippen molar-refractivity contribution >= 4 is 28.9 Å². The SMILES string of the molecule is CCCCCCCCCCCCCN=C(c1cc(Cl)ccc1O)c1ccccc1Cl. The monoisotopic (exact) mass is 447 g/mol. The van der Waals surface area contributed by atoms with E-state index in [0.29, 0.717) is 27.9 Å². The topological polar surface area (TPSA) is 32.6 Å². The number of benzene rings is 2. The molecule has 2 rings (SSSR count). The van der Waals surface area contributed by atoms with Crippen molar-refractivity contribution in [2.75, 3.05) is 6.54 Å². The highest BCUT2D eigenvalue weighted by Gasteiger charge is 2.14. The molecule has 4 heteroatoms. The summed E-state index contributed by atoms with van der Waals surface area (Å²) in [5.41, 5.74) is 2.14. The number of aliphatic imine (C=N–C) groups is 1. The lowest BCUT2D eigenvalue weighted by Gasteiger charge is -2.12. The fourth-order valence-electron chi connectivity index (χ4n) is 3.63. The van der Waals surface area contributed by atoms with Crippen LogP contribution in [-0.4, -0.2) is 17.4 Å². The highest BCUT2D eigenvalue weighted by atomic mass is 35.5. The van der Waals surface area contributed by atoms with Gasteiger partial charge >= 0.3 is 0 Å². The summed E-state index contributed by atoms with van der Waals surface area (Å²) in [6, 6.07) is 12.6. The van der Waals surface area contributed by atoms with Gasteiger partial charge in [0.15, 0.2) is 0 Å². The molecule has 0 saturated carbocycles. The molecule has 0 aliphatic carbocycles. The van der Waals surface area contributed by atoms with E-state index in [1.807, 2.05) is 24.3 Å². The Bertz CT molecular complexity index is 788. The first-order valence-corrected chi connectivity index (χ1v) is 12.2. The van der Waals surface area contributed by atoms with Crippen molar-refractivity contribution in [2.24, 2.45) is 4.99 Å². The number of nitrogens with zero attached hydrogens (tertiary/aromatic N) is 1. The zero-order valence-corrected chi connectivity index (χ0v) is 19.7. The van der Waals surface area contributed by atoms with E-state index in [0.717, 1.165) is 12.0 Å². The van der Waals surface area contributed by atoms with Crippen LogP contribution < -0.4 is 0 Å². The second kappa shape index (κ2) is 14.5. The van der Waals surface area contributed by atoms with Gasteiger partial charge in [0, 0.05) is 27.7 Å². The van der Waals surface area contributed by atoms with Gasteiger partial charge < -0.3 is 5.11 Å². The Morgan fingerprint density at radius 1 is 0.767 bits per heavy atom. The predicted molar refractivity (Wildman–Crippen MR) is 132 cm³/mol. The quantitative estimate of drug-likeness (QED) is 0.227. The average molecular weight is 448 g/mol. The molecule has 2 nitrogen and oxygen atoms in total. The molecule has 0 radical (unpaired) electrons. The summed E-state index contributed by atoms with van der Waals surface area (Å²) >= 11 is 12.6. The zero-order chi connectivity index (χ0) is 21.6. The summed E-state index contributed by atoms with van der Waals surface area (Å²) in [5, 5.41) is 11.6. The minimum absolute atomic E-state index is 0.164. The molecule has 0 atom stereocenters. The highest BCUT2D eigenvalue weighted by molar-refractivity contribution is 6.36. The number of hydrogen-bond acceptors (Lipinski definition) is 2. The second-order valence-corrected chi connectivity index (χ2v) is 8.75. The van der Waals surface area contributed by atoms with Crippen LogP contribution in [0.2, 0.25) is 10.0 Å². The Kier molecular flexibility index (Phi) is 12.0. The summed E-state index contributed by atoms with van der Waals surface area (Å²) in [6.07, 6.45) is 14.4. The standard InChI is InChI=1S/C26H35Cl2NO/c1-2-3-4-5-6-7-8-9-10-11-14-19-29-26(22-15-12-13-16-24(22)28)23-20-21(27)17-18-25(23)30/h12-13,15-18,20,30H,2-11,14,19H2,1H3. The number of aromatic hydroxyl groups is 1. The molecule has 164 valence electrons. The molecule has 30 heavy (non-hydrogen) atoms. The van der Waals surface area contributed by atoms with Crippen molar-refractivity contribution in [1.82, 2.24) is 0 Å². The maximum absolute atomic E-state index is 10.4. The second-order valence-electron chi connectivity index (χ2n) is 7.91. The fourth-order valence-corrected chi connectivity index (χ4v) is 4.03. The van der Waals surface area contributed by atoms with E-state index in [1.54, 1.807) is 18.2 Å². The van der Waals surface area contributed by atoms with Crippen molar-refractivity contribution in [1.29, 1.82) is 0 Å². The van der Waals surface area contributed by atoms with Crippen LogP contribution in [0.1, 0.15) is 88.7 Å². The maximum atomic E-state index is 10.4. The highest BCUT2D eigenvalue weighted by Crippen LogP contribution is 2.28. The molecule has 0 heterocycles. The van der Waals surface area contributed by atoms with E-state index in [2.05, 4.69) is 6.92 Å². The van der Waals surface area contributed by atoms with Gasteiger partial charge in [-0.05, 0) is 30.7 Å². The maximum Gasteiger partial charge on any atom is 0.125 e. The zero-order valence-electron chi connectivity index (χ0n) is 18.2. The van der Waals surface area contributed by atoms with Gasteiger partial charge in [-0.1, -0.05) is 113 Å². The third-order valence-corrected chi connectivity index (χ3v) is 5.94. The van der Waals surface area contributed by atoms with E-state index in [9.17, 15) is 5.11 Å². The Morgan fingerprint density at radius 3 is 2.00 bits per heavy atom. The molecular formula is C26H35Cl2NO. The molecule has 0 aromatic heterocycles. The molecule has 2 aromatic carbocycles. The molecule has 0 aliphatic rings. The number of phenols is 1. The minimum atomic E-state index is 0.164. The molecular weight excluding hydrogens is 413 g/mol. The smallest absolute Gasteiger partial charge is 0.125 e. The third kappa shape index (κ3) is 8.70. The van der Waals surface area contributed by atoms with Gasteiger partial charge in [-0.25, -0.2) is 0 Å². The average Bonchev–Trinajstić information content (AvgIpc) is 2.74. The molecule has 1 N–H and O–H groups in total. The Hall–Kier alpha value is -1.51. The van der Waals surface area contributed by atoms with E-state index >= 15 is 0 Å². The molecule has 2 aromatic rings. The number of rotatable bonds is 14. The van der Waals surface area contributed by atoms with Crippen molar-refractivity contribution < 1.29 is 5.11 Å². The van der Waals surface area contributed by atoms with E-state index < -0.39 is 0 Å². The van der Waals surface area contributed by atoms with Gasteiger partial charge in [-0.15, -0.1) is 0 Å². The summed E-state index contributed by atoms with van der Waals surface area (Å²) in [6.45, 7) is 2.97. The van der Waals surface area contributed by atoms with E-state index in [1.165, 1.54) is 64.2 Å². The summed E-state index contributed by atoms with van der Waals surface area (Å²) in [4.78, 5) is 4.82. The van der Waals surface area contributed by atoms with Crippen LogP contribution in [0.3, 0.4) is 0 Å². The lowest BCUT2D eigenvalue weighted by molar-refractivity contribution is 0.474. The molecule has 0 spiro atoms. The minimum Gasteiger partial charge on any atom is -0.507 e. The lowest BCUT2D eigenvalue weighted by atomic mass is 10.0. The van der Waals surface area contributed by atoms with Crippen LogP contribution in [0, 0.1) is 0 Å². The molecule has 0 bridgehead atoms. The van der Waals surface area contributed by atoms with Gasteiger partial charge in [0.1, 0.15) is 5.75 Å². The molecule has 0 aliphatic heterocycles. The first kappa shape index (κ1) is 24.8. The molecule has 0 saturated heterocycles. The molecule has 0 fully saturated rings. The molecule has 0 unspecified atom stereocenters. The van der Waals surface area contributed by atoms with Gasteiger partial charge in [-0.2, -0.15) is 0 Å².